The summed E-state index contributed by atoms with van der Waals surface area (Å²) in [4.78, 5) is 9.63. The molecule has 5 aromatic carbocycles. The molecule has 0 saturated carbocycles. The first kappa shape index (κ1) is 20.9. The van der Waals surface area contributed by atoms with Crippen LogP contribution in [0.1, 0.15) is 22.6 Å². The van der Waals surface area contributed by atoms with Gasteiger partial charge < -0.3 is 9.84 Å². The van der Waals surface area contributed by atoms with E-state index in [0.717, 1.165) is 44.0 Å². The molecule has 1 atom stereocenters. The molecular formula is C32H20N4O2. The van der Waals surface area contributed by atoms with Gasteiger partial charge in [0.15, 0.2) is 11.5 Å². The minimum Gasteiger partial charge on any atom is -0.507 e. The predicted molar refractivity (Wildman–Crippen MR) is 147 cm³/mol. The van der Waals surface area contributed by atoms with Gasteiger partial charge in [0.25, 0.3) is 0 Å². The lowest BCUT2D eigenvalue weighted by atomic mass is 9.83. The van der Waals surface area contributed by atoms with Crippen molar-refractivity contribution in [3.63, 3.8) is 0 Å². The molecule has 0 radical (unpaired) electrons. The maximum absolute atomic E-state index is 11.1. The maximum atomic E-state index is 11.1. The Labute approximate surface area is 217 Å². The van der Waals surface area contributed by atoms with E-state index in [4.69, 9.17) is 14.8 Å². The maximum Gasteiger partial charge on any atom is 0.228 e. The van der Waals surface area contributed by atoms with E-state index >= 15 is 0 Å². The zero-order chi connectivity index (χ0) is 25.2. The molecule has 0 bridgehead atoms. The minimum atomic E-state index is -0.155. The summed E-state index contributed by atoms with van der Waals surface area (Å²) >= 11 is 0. The molecule has 38 heavy (non-hydrogen) atoms. The summed E-state index contributed by atoms with van der Waals surface area (Å²) in [6, 6.07) is 34.4. The molecule has 7 aromatic rings. The average molecular weight is 493 g/mol. The fraction of sp³-hybridized carbons (Fsp3) is 0.0312. The molecular weight excluding hydrogens is 472 g/mol. The van der Waals surface area contributed by atoms with E-state index < -0.39 is 0 Å². The molecule has 0 spiro atoms. The Morgan fingerprint density at radius 3 is 2.29 bits per heavy atom. The second-order valence-corrected chi connectivity index (χ2v) is 9.50. The van der Waals surface area contributed by atoms with Crippen molar-refractivity contribution in [3.8, 4) is 28.8 Å². The monoisotopic (exact) mass is 492 g/mol. The number of hydrogen-bond donors (Lipinski definition) is 1. The second-order valence-electron chi connectivity index (χ2n) is 9.50. The summed E-state index contributed by atoms with van der Waals surface area (Å²) in [6.45, 7) is 0. The number of nitrogens with zero attached hydrogens (tertiary/aromatic N) is 4. The number of benzene rings is 5. The third-order valence-electron chi connectivity index (χ3n) is 7.37. The molecule has 0 fully saturated rings. The van der Waals surface area contributed by atoms with Crippen molar-refractivity contribution < 1.29 is 9.84 Å². The first-order valence-corrected chi connectivity index (χ1v) is 12.5. The van der Waals surface area contributed by atoms with Gasteiger partial charge in [-0.15, -0.1) is 5.10 Å². The van der Waals surface area contributed by atoms with Gasteiger partial charge in [0.2, 0.25) is 5.88 Å². The highest BCUT2D eigenvalue weighted by Crippen LogP contribution is 2.50. The second kappa shape index (κ2) is 7.88. The lowest BCUT2D eigenvalue weighted by Gasteiger charge is -2.28. The predicted octanol–water partition coefficient (Wildman–Crippen LogP) is 7.09. The summed E-state index contributed by atoms with van der Waals surface area (Å²) in [5.74, 6) is 1.76. The van der Waals surface area contributed by atoms with E-state index in [9.17, 15) is 5.11 Å². The molecule has 6 nitrogen and oxygen atoms in total. The number of hydrogen-bond acceptors (Lipinski definition) is 5. The molecule has 1 unspecified atom stereocenters. The zero-order valence-electron chi connectivity index (χ0n) is 20.1. The Hall–Kier alpha value is -5.23. The van der Waals surface area contributed by atoms with E-state index in [1.807, 2.05) is 66.7 Å². The lowest BCUT2D eigenvalue weighted by molar-refractivity contribution is 0.437. The highest BCUT2D eigenvalue weighted by molar-refractivity contribution is 5.94. The van der Waals surface area contributed by atoms with Gasteiger partial charge in [-0.05, 0) is 22.4 Å². The summed E-state index contributed by atoms with van der Waals surface area (Å²) in [7, 11) is 0. The van der Waals surface area contributed by atoms with Crippen LogP contribution in [0.25, 0.3) is 38.6 Å². The van der Waals surface area contributed by atoms with E-state index in [-0.39, 0.29) is 11.7 Å². The van der Waals surface area contributed by atoms with Gasteiger partial charge in [-0.25, -0.2) is 14.5 Å². The van der Waals surface area contributed by atoms with Crippen LogP contribution in [0.4, 0.5) is 0 Å². The summed E-state index contributed by atoms with van der Waals surface area (Å²) < 4.78 is 8.18. The number of fused-ring (bicyclic) bond motifs is 7. The largest absolute Gasteiger partial charge is 0.507 e. The Balaban J connectivity index is 1.39. The van der Waals surface area contributed by atoms with Crippen molar-refractivity contribution in [1.82, 2.24) is 19.6 Å². The average Bonchev–Trinajstić information content (AvgIpc) is 3.41. The Morgan fingerprint density at radius 2 is 1.45 bits per heavy atom. The van der Waals surface area contributed by atoms with Gasteiger partial charge in [0.05, 0.1) is 11.1 Å². The van der Waals surface area contributed by atoms with Gasteiger partial charge in [-0.2, -0.15) is 0 Å². The minimum absolute atomic E-state index is 0.155. The molecule has 8 rings (SSSR count). The van der Waals surface area contributed by atoms with Gasteiger partial charge in [-0.3, -0.25) is 0 Å². The van der Waals surface area contributed by atoms with Crippen LogP contribution in [0.15, 0.2) is 109 Å². The number of aromatic nitrogens is 4. The summed E-state index contributed by atoms with van der Waals surface area (Å²) in [5.41, 5.74) is 4.23. The molecule has 3 heterocycles. The molecule has 2 aromatic heterocycles. The molecule has 0 aliphatic carbocycles. The quantitative estimate of drug-likeness (QED) is 0.279. The van der Waals surface area contributed by atoms with Crippen molar-refractivity contribution >= 4 is 27.2 Å². The standard InChI is InChI=1S/C32H20N4O2/c37-28-22-12-6-4-8-19(22)15-17-25(28)30-34-31-27-26(21-10-2-1-3-11-21)24-16-14-20-9-5-7-13-23(20)29(24)38-32(27)33-18-36(31)35-30/h1-18,26,37H. The van der Waals surface area contributed by atoms with Crippen LogP contribution < -0.4 is 4.74 Å². The van der Waals surface area contributed by atoms with Crippen LogP contribution in [0, 0.1) is 0 Å². The van der Waals surface area contributed by atoms with Crippen molar-refractivity contribution in [2.45, 2.75) is 5.92 Å². The van der Waals surface area contributed by atoms with Gasteiger partial charge in [-0.1, -0.05) is 97.1 Å². The van der Waals surface area contributed by atoms with Crippen LogP contribution in [0.5, 0.6) is 17.4 Å². The Bertz CT molecular complexity index is 2030. The molecule has 1 aliphatic rings. The van der Waals surface area contributed by atoms with E-state index in [2.05, 4.69) is 41.4 Å². The first-order valence-electron chi connectivity index (χ1n) is 12.5. The lowest BCUT2D eigenvalue weighted by Crippen LogP contribution is -2.15. The van der Waals surface area contributed by atoms with Gasteiger partial charge >= 0.3 is 0 Å². The third kappa shape index (κ3) is 2.97. The van der Waals surface area contributed by atoms with Gasteiger partial charge in [0.1, 0.15) is 17.8 Å². The molecule has 1 N–H and O–H groups in total. The molecule has 6 heteroatoms. The van der Waals surface area contributed by atoms with Crippen LogP contribution >= 0.6 is 0 Å². The number of phenols is 1. The topological polar surface area (TPSA) is 72.5 Å². The van der Waals surface area contributed by atoms with E-state index in [1.54, 1.807) is 10.8 Å². The van der Waals surface area contributed by atoms with E-state index in [1.165, 1.54) is 0 Å². The highest BCUT2D eigenvalue weighted by Gasteiger charge is 2.34. The smallest absolute Gasteiger partial charge is 0.228 e. The normalized spacial score (nSPS) is 14.4. The number of aromatic hydroxyl groups is 1. The van der Waals surface area contributed by atoms with E-state index in [0.29, 0.717) is 22.9 Å². The zero-order valence-corrected chi connectivity index (χ0v) is 20.1. The highest BCUT2D eigenvalue weighted by atomic mass is 16.5. The fourth-order valence-corrected chi connectivity index (χ4v) is 5.59. The van der Waals surface area contributed by atoms with Gasteiger partial charge in [0, 0.05) is 22.3 Å². The molecule has 1 aliphatic heterocycles. The van der Waals surface area contributed by atoms with Crippen LogP contribution in [0.3, 0.4) is 0 Å². The van der Waals surface area contributed by atoms with Crippen molar-refractivity contribution in [2.75, 3.05) is 0 Å². The first-order chi connectivity index (χ1) is 18.8. The van der Waals surface area contributed by atoms with Crippen LogP contribution in [-0.4, -0.2) is 24.7 Å². The molecule has 0 amide bonds. The molecule has 0 saturated heterocycles. The fourth-order valence-electron chi connectivity index (χ4n) is 5.59. The number of rotatable bonds is 2. The third-order valence-corrected chi connectivity index (χ3v) is 7.37. The summed E-state index contributed by atoms with van der Waals surface area (Å²) in [6.07, 6.45) is 1.63. The van der Waals surface area contributed by atoms with Crippen LogP contribution in [0.2, 0.25) is 0 Å². The van der Waals surface area contributed by atoms with Crippen molar-refractivity contribution in [3.05, 3.63) is 126 Å². The van der Waals surface area contributed by atoms with Crippen LogP contribution in [-0.2, 0) is 0 Å². The summed E-state index contributed by atoms with van der Waals surface area (Å²) in [5, 5.41) is 19.7. The van der Waals surface area contributed by atoms with Crippen molar-refractivity contribution in [2.24, 2.45) is 0 Å². The number of ether oxygens (including phenoxy) is 1. The van der Waals surface area contributed by atoms with Crippen molar-refractivity contribution in [1.29, 1.82) is 0 Å². The Morgan fingerprint density at radius 1 is 0.737 bits per heavy atom. The Kier molecular flexibility index (Phi) is 4.34. The SMILES string of the molecule is Oc1c(-c2nc3c4c(ncn3n2)Oc2c(ccc3ccccc23)C4c2ccccc2)ccc2ccccc12. The number of phenolic OH excluding ortho intramolecular Hbond substituents is 1. The molecule has 180 valence electrons.